The van der Waals surface area contributed by atoms with Gasteiger partial charge in [-0.15, -0.1) is 0 Å². The SMILES string of the molecule is N=C(N)NC(=N)N1CCCCCC1.N=C(NCCCCCCNC(=N)NC(=N)Nc1ccc(Cl)cc1)NC(=N)Nc1ccc(Cl)cc1. The molecule has 0 atom stereocenters. The lowest BCUT2D eigenvalue weighted by Gasteiger charge is -2.22. The number of guanidine groups is 6. The van der Waals surface area contributed by atoms with Crippen molar-refractivity contribution in [1.29, 1.82) is 32.5 Å². The number of benzene rings is 2. The summed E-state index contributed by atoms with van der Waals surface area (Å²) in [4.78, 5) is 1.94. The first-order valence-corrected chi connectivity index (χ1v) is 16.1. The molecule has 3 rings (SSSR count). The highest BCUT2D eigenvalue weighted by Gasteiger charge is 2.12. The number of nitrogens with two attached hydrogens (primary N) is 1. The fraction of sp³-hybridized carbons (Fsp3) is 0.400. The molecule has 1 saturated heterocycles. The van der Waals surface area contributed by atoms with Gasteiger partial charge < -0.3 is 31.9 Å². The average molecular weight is 689 g/mol. The Hall–Kier alpha value is -4.76. The minimum atomic E-state index is -0.158. The van der Waals surface area contributed by atoms with Gasteiger partial charge in [0.25, 0.3) is 0 Å². The minimum Gasteiger partial charge on any atom is -0.370 e. The summed E-state index contributed by atoms with van der Waals surface area (Å²) in [6.45, 7) is 3.05. The summed E-state index contributed by atoms with van der Waals surface area (Å²) in [5.74, 6) is 0.213. The largest absolute Gasteiger partial charge is 0.370 e. The summed E-state index contributed by atoms with van der Waals surface area (Å²) in [7, 11) is 0. The normalized spacial score (nSPS) is 12.2. The van der Waals surface area contributed by atoms with Crippen LogP contribution in [0.25, 0.3) is 0 Å². The Morgan fingerprint density at radius 2 is 0.979 bits per heavy atom. The lowest BCUT2D eigenvalue weighted by Crippen LogP contribution is -2.46. The van der Waals surface area contributed by atoms with Gasteiger partial charge in [-0.1, -0.05) is 48.9 Å². The summed E-state index contributed by atoms with van der Waals surface area (Å²) in [5.41, 5.74) is 6.56. The lowest BCUT2D eigenvalue weighted by atomic mass is 10.2. The van der Waals surface area contributed by atoms with E-state index in [9.17, 15) is 0 Å². The van der Waals surface area contributed by atoms with Gasteiger partial charge in [0.15, 0.2) is 35.8 Å². The van der Waals surface area contributed by atoms with Crippen molar-refractivity contribution in [2.45, 2.75) is 51.4 Å². The molecule has 1 heterocycles. The van der Waals surface area contributed by atoms with Crippen molar-refractivity contribution in [2.24, 2.45) is 5.73 Å². The Balaban J connectivity index is 0.000000492. The lowest BCUT2D eigenvalue weighted by molar-refractivity contribution is 0.422. The summed E-state index contributed by atoms with van der Waals surface area (Å²) >= 11 is 11.7. The molecule has 0 unspecified atom stereocenters. The second kappa shape index (κ2) is 21.9. The smallest absolute Gasteiger partial charge is 0.199 e. The molecule has 1 aliphatic rings. The van der Waals surface area contributed by atoms with Crippen LogP contribution in [0, 0.1) is 32.5 Å². The standard InChI is InChI=1S/C22H30Cl2N10.C8H17N5/c23-15-5-9-17(10-6-15)31-21(27)33-19(25)29-13-3-1-2-4-14-30-20(26)34-22(28)32-18-11-7-16(24)8-12-18;9-7(10)12-8(11)13-5-3-1-2-4-6-13/h5-12H,1-4,13-14H2,(H5,25,27,29,31,33)(H5,26,28,30,32,34);1-6H2,(H5,9,10,11,12). The molecular formula is C30H47Cl2N15. The summed E-state index contributed by atoms with van der Waals surface area (Å²) in [5, 5.41) is 66.6. The molecule has 1 fully saturated rings. The van der Waals surface area contributed by atoms with E-state index >= 15 is 0 Å². The third kappa shape index (κ3) is 18.1. The number of hydrogen-bond acceptors (Lipinski definition) is 6. The molecule has 2 aromatic carbocycles. The molecule has 0 aliphatic carbocycles. The number of unbranched alkanes of at least 4 members (excludes halogenated alkanes) is 3. The van der Waals surface area contributed by atoms with Gasteiger partial charge in [-0.2, -0.15) is 0 Å². The van der Waals surface area contributed by atoms with Gasteiger partial charge >= 0.3 is 0 Å². The van der Waals surface area contributed by atoms with Gasteiger partial charge in [0.1, 0.15) is 0 Å². The second-order valence-electron chi connectivity index (χ2n) is 10.6. The highest BCUT2D eigenvalue weighted by molar-refractivity contribution is 6.31. The number of hydrogen-bond donors (Lipinski definition) is 14. The number of anilines is 2. The van der Waals surface area contributed by atoms with Gasteiger partial charge in [0.05, 0.1) is 0 Å². The van der Waals surface area contributed by atoms with E-state index in [1.807, 2.05) is 4.90 Å². The zero-order valence-electron chi connectivity index (χ0n) is 26.4. The van der Waals surface area contributed by atoms with Crippen molar-refractivity contribution in [1.82, 2.24) is 31.5 Å². The second-order valence-corrected chi connectivity index (χ2v) is 11.4. The van der Waals surface area contributed by atoms with Crippen molar-refractivity contribution in [3.63, 3.8) is 0 Å². The Bertz CT molecular complexity index is 1230. The molecule has 1 aliphatic heterocycles. The van der Waals surface area contributed by atoms with E-state index in [2.05, 4.69) is 37.2 Å². The van der Waals surface area contributed by atoms with Crippen LogP contribution in [0.2, 0.25) is 10.0 Å². The van der Waals surface area contributed by atoms with E-state index in [1.165, 1.54) is 12.8 Å². The van der Waals surface area contributed by atoms with E-state index in [0.717, 1.165) is 51.6 Å². The molecule has 0 radical (unpaired) electrons. The van der Waals surface area contributed by atoms with E-state index < -0.39 is 0 Å². The van der Waals surface area contributed by atoms with E-state index in [1.54, 1.807) is 48.5 Å². The molecule has 15 N–H and O–H groups in total. The van der Waals surface area contributed by atoms with Gasteiger partial charge in [-0.25, -0.2) is 0 Å². The summed E-state index contributed by atoms with van der Waals surface area (Å²) in [6, 6.07) is 13.9. The third-order valence-corrected chi connectivity index (χ3v) is 7.11. The molecule has 0 saturated carbocycles. The number of halogens is 2. The first kappa shape index (κ1) is 38.4. The van der Waals surface area contributed by atoms with Crippen LogP contribution in [0.15, 0.2) is 48.5 Å². The van der Waals surface area contributed by atoms with Crippen molar-refractivity contribution >= 4 is 70.3 Å². The van der Waals surface area contributed by atoms with E-state index in [0.29, 0.717) is 34.5 Å². The van der Waals surface area contributed by atoms with Crippen molar-refractivity contribution in [2.75, 3.05) is 36.8 Å². The van der Waals surface area contributed by atoms with Crippen molar-refractivity contribution in [3.05, 3.63) is 58.6 Å². The van der Waals surface area contributed by atoms with Crippen LogP contribution >= 0.6 is 23.2 Å². The molecule has 256 valence electrons. The third-order valence-electron chi connectivity index (χ3n) is 6.61. The summed E-state index contributed by atoms with van der Waals surface area (Å²) in [6.07, 6.45) is 8.44. The monoisotopic (exact) mass is 687 g/mol. The summed E-state index contributed by atoms with van der Waals surface area (Å²) < 4.78 is 0. The number of rotatable bonds is 9. The molecule has 0 spiro atoms. The van der Waals surface area contributed by atoms with Gasteiger partial charge in [-0.3, -0.25) is 48.4 Å². The maximum Gasteiger partial charge on any atom is 0.199 e. The highest BCUT2D eigenvalue weighted by Crippen LogP contribution is 2.14. The molecule has 17 heteroatoms. The first-order chi connectivity index (χ1) is 22.5. The molecule has 47 heavy (non-hydrogen) atoms. The van der Waals surface area contributed by atoms with Crippen LogP contribution in [0.4, 0.5) is 11.4 Å². The zero-order chi connectivity index (χ0) is 34.4. The molecule has 0 bridgehead atoms. The Labute approximate surface area is 286 Å². The Morgan fingerprint density at radius 3 is 1.36 bits per heavy atom. The fourth-order valence-corrected chi connectivity index (χ4v) is 4.54. The fourth-order valence-electron chi connectivity index (χ4n) is 4.29. The average Bonchev–Trinajstić information content (AvgIpc) is 3.31. The first-order valence-electron chi connectivity index (χ1n) is 15.4. The van der Waals surface area contributed by atoms with Gasteiger partial charge in [0, 0.05) is 47.6 Å². The highest BCUT2D eigenvalue weighted by atomic mass is 35.5. The molecule has 0 aromatic heterocycles. The van der Waals surface area contributed by atoms with Crippen LogP contribution in [0.3, 0.4) is 0 Å². The van der Waals surface area contributed by atoms with E-state index in [-0.39, 0.29) is 35.8 Å². The Morgan fingerprint density at radius 1 is 0.574 bits per heavy atom. The predicted octanol–water partition coefficient (Wildman–Crippen LogP) is 4.46. The van der Waals surface area contributed by atoms with Crippen LogP contribution in [-0.4, -0.2) is 66.8 Å². The maximum absolute atomic E-state index is 7.86. The quantitative estimate of drug-likeness (QED) is 0.101. The zero-order valence-corrected chi connectivity index (χ0v) is 27.9. The van der Waals surface area contributed by atoms with Gasteiger partial charge in [-0.05, 0) is 74.2 Å². The molecule has 15 nitrogen and oxygen atoms in total. The molecule has 2 aromatic rings. The van der Waals surface area contributed by atoms with Crippen LogP contribution in [0.1, 0.15) is 51.4 Å². The number of nitrogens with zero attached hydrogens (tertiary/aromatic N) is 1. The Kier molecular flexibility index (Phi) is 17.9. The topological polar surface area (TPSA) is 257 Å². The van der Waals surface area contributed by atoms with Crippen LogP contribution in [0.5, 0.6) is 0 Å². The van der Waals surface area contributed by atoms with Crippen molar-refractivity contribution in [3.8, 4) is 0 Å². The maximum atomic E-state index is 7.86. The molecular weight excluding hydrogens is 641 g/mol. The van der Waals surface area contributed by atoms with Gasteiger partial charge in [0.2, 0.25) is 0 Å². The number of nitrogens with one attached hydrogen (secondary N) is 13. The van der Waals surface area contributed by atoms with Crippen LogP contribution < -0.4 is 43.0 Å². The van der Waals surface area contributed by atoms with Crippen LogP contribution in [-0.2, 0) is 0 Å². The van der Waals surface area contributed by atoms with E-state index in [4.69, 9.17) is 61.4 Å². The molecule has 0 amide bonds. The number of likely N-dealkylation sites (tertiary alicyclic amines) is 1. The predicted molar refractivity (Wildman–Crippen MR) is 195 cm³/mol. The van der Waals surface area contributed by atoms with Crippen molar-refractivity contribution < 1.29 is 0 Å². The minimum absolute atomic E-state index is 0.00148.